The molecule has 1 unspecified atom stereocenters. The molecule has 1 atom stereocenters. The highest BCUT2D eigenvalue weighted by Crippen LogP contribution is 2.58. The highest BCUT2D eigenvalue weighted by atomic mass is 16.2. The van der Waals surface area contributed by atoms with Crippen LogP contribution in [0.5, 0.6) is 0 Å². The van der Waals surface area contributed by atoms with E-state index in [1.807, 2.05) is 61.5 Å². The molecule has 0 spiro atoms. The van der Waals surface area contributed by atoms with Crippen LogP contribution in [-0.2, 0) is 16.6 Å². The molecule has 0 aromatic heterocycles. The van der Waals surface area contributed by atoms with E-state index in [0.29, 0.717) is 0 Å². The van der Waals surface area contributed by atoms with E-state index < -0.39 is 0 Å². The van der Waals surface area contributed by atoms with Crippen molar-refractivity contribution >= 4 is 11.6 Å². The number of hydrogen-bond donors (Lipinski definition) is 1. The monoisotopic (exact) mass is 368 g/mol. The highest BCUT2D eigenvalue weighted by Gasteiger charge is 2.60. The van der Waals surface area contributed by atoms with Gasteiger partial charge in [-0.25, -0.2) is 5.43 Å². The Morgan fingerprint density at radius 2 is 1.39 bits per heavy atom. The number of carbonyl (C=O) groups excluding carboxylic acids is 1. The van der Waals surface area contributed by atoms with Crippen LogP contribution in [0.2, 0.25) is 0 Å². The van der Waals surface area contributed by atoms with E-state index >= 15 is 0 Å². The number of nitrogens with one attached hydrogen (secondary N) is 1. The predicted molar refractivity (Wildman–Crippen MR) is 113 cm³/mol. The summed E-state index contributed by atoms with van der Waals surface area (Å²) in [5.41, 5.74) is 7.01. The minimum absolute atomic E-state index is 0.0138. The maximum Gasteiger partial charge on any atom is 0.244 e. The molecule has 4 rings (SSSR count). The second-order valence-corrected chi connectivity index (χ2v) is 7.45. The van der Waals surface area contributed by atoms with Crippen molar-refractivity contribution in [1.82, 2.24) is 5.43 Å². The molecule has 0 bridgehead atoms. The van der Waals surface area contributed by atoms with Crippen LogP contribution in [0.3, 0.4) is 0 Å². The number of benzene rings is 3. The fourth-order valence-corrected chi connectivity index (χ4v) is 4.01. The Hall–Kier alpha value is -3.20. The van der Waals surface area contributed by atoms with E-state index in [1.165, 1.54) is 16.7 Å². The van der Waals surface area contributed by atoms with E-state index in [-0.39, 0.29) is 17.2 Å². The van der Waals surface area contributed by atoms with Gasteiger partial charge in [0.25, 0.3) is 0 Å². The van der Waals surface area contributed by atoms with Crippen molar-refractivity contribution in [3.05, 3.63) is 108 Å². The van der Waals surface area contributed by atoms with Gasteiger partial charge < -0.3 is 0 Å². The number of amides is 1. The Morgan fingerprint density at radius 3 is 1.93 bits per heavy atom. The van der Waals surface area contributed by atoms with Crippen LogP contribution in [0.1, 0.15) is 30.0 Å². The van der Waals surface area contributed by atoms with Crippen LogP contribution in [0, 0.1) is 5.92 Å². The Morgan fingerprint density at radius 1 is 0.893 bits per heavy atom. The van der Waals surface area contributed by atoms with Crippen LogP contribution in [0.25, 0.3) is 0 Å². The summed E-state index contributed by atoms with van der Waals surface area (Å²) in [6.07, 6.45) is 1.54. The molecule has 28 heavy (non-hydrogen) atoms. The molecule has 1 N–H and O–H groups in total. The summed E-state index contributed by atoms with van der Waals surface area (Å²) in [5, 5.41) is 4.35. The molecule has 1 aliphatic rings. The average Bonchev–Trinajstić information content (AvgIpc) is 3.51. The van der Waals surface area contributed by atoms with Gasteiger partial charge in [-0.15, -0.1) is 0 Å². The quantitative estimate of drug-likeness (QED) is 0.496. The lowest BCUT2D eigenvalue weighted by molar-refractivity contribution is -0.122. The molecule has 3 aromatic rings. The second-order valence-electron chi connectivity index (χ2n) is 7.45. The van der Waals surface area contributed by atoms with Gasteiger partial charge in [0.15, 0.2) is 0 Å². The van der Waals surface area contributed by atoms with Gasteiger partial charge >= 0.3 is 0 Å². The fraction of sp³-hybridized carbons (Fsp3) is 0.200. The minimum atomic E-state index is -0.255. The lowest BCUT2D eigenvalue weighted by Crippen LogP contribution is -2.26. The van der Waals surface area contributed by atoms with Crippen LogP contribution in [0.4, 0.5) is 0 Å². The van der Waals surface area contributed by atoms with Gasteiger partial charge in [-0.3, -0.25) is 4.79 Å². The largest absolute Gasteiger partial charge is 0.273 e. The zero-order chi connectivity index (χ0) is 19.4. The molecule has 1 fully saturated rings. The molecule has 0 aliphatic heterocycles. The van der Waals surface area contributed by atoms with Crippen molar-refractivity contribution in [2.75, 3.05) is 0 Å². The van der Waals surface area contributed by atoms with Crippen molar-refractivity contribution in [2.24, 2.45) is 11.0 Å². The Kier molecular flexibility index (Phi) is 5.07. The predicted octanol–water partition coefficient (Wildman–Crippen LogP) is 4.73. The van der Waals surface area contributed by atoms with Crippen molar-refractivity contribution < 1.29 is 4.79 Å². The Bertz CT molecular complexity index is 926. The lowest BCUT2D eigenvalue weighted by Gasteiger charge is -2.18. The SMILES string of the molecule is C/C(Cc1ccccc1)=N/NC(=O)C1CC1(c1ccccc1)c1ccccc1. The first-order valence-corrected chi connectivity index (χ1v) is 9.68. The Labute approximate surface area is 166 Å². The van der Waals surface area contributed by atoms with Crippen LogP contribution in [0.15, 0.2) is 96.1 Å². The topological polar surface area (TPSA) is 41.5 Å². The van der Waals surface area contributed by atoms with Gasteiger partial charge in [-0.05, 0) is 30.0 Å². The number of hydrogen-bond acceptors (Lipinski definition) is 2. The lowest BCUT2D eigenvalue weighted by atomic mass is 9.85. The van der Waals surface area contributed by atoms with Crippen molar-refractivity contribution in [2.45, 2.75) is 25.2 Å². The average molecular weight is 368 g/mol. The zero-order valence-corrected chi connectivity index (χ0v) is 16.0. The van der Waals surface area contributed by atoms with Crippen molar-refractivity contribution in [3.8, 4) is 0 Å². The molecule has 140 valence electrons. The molecule has 3 heteroatoms. The normalized spacial score (nSPS) is 17.8. The standard InChI is InChI=1S/C25H24N2O/c1-19(17-20-11-5-2-6-12-20)26-27-24(28)23-18-25(23,21-13-7-3-8-14-21)22-15-9-4-10-16-22/h2-16,23H,17-18H2,1H3,(H,27,28)/b26-19-. The zero-order valence-electron chi connectivity index (χ0n) is 16.0. The molecule has 3 aromatic carbocycles. The number of hydrazone groups is 1. The second kappa shape index (κ2) is 7.81. The molecule has 1 saturated carbocycles. The number of nitrogens with zero attached hydrogens (tertiary/aromatic N) is 1. The fourth-order valence-electron chi connectivity index (χ4n) is 4.01. The van der Waals surface area contributed by atoms with Gasteiger partial charge in [-0.1, -0.05) is 91.0 Å². The van der Waals surface area contributed by atoms with Gasteiger partial charge in [0.2, 0.25) is 5.91 Å². The van der Waals surface area contributed by atoms with Gasteiger partial charge in [0.1, 0.15) is 0 Å². The number of carbonyl (C=O) groups is 1. The first-order chi connectivity index (χ1) is 13.7. The van der Waals surface area contributed by atoms with Crippen molar-refractivity contribution in [1.29, 1.82) is 0 Å². The van der Waals surface area contributed by atoms with E-state index in [9.17, 15) is 4.79 Å². The Balaban J connectivity index is 1.51. The summed E-state index contributed by atoms with van der Waals surface area (Å²) < 4.78 is 0. The molecule has 3 nitrogen and oxygen atoms in total. The molecule has 0 heterocycles. The molecule has 0 radical (unpaired) electrons. The van der Waals surface area contributed by atoms with Crippen LogP contribution < -0.4 is 5.43 Å². The van der Waals surface area contributed by atoms with Gasteiger partial charge in [-0.2, -0.15) is 5.10 Å². The van der Waals surface area contributed by atoms with Crippen LogP contribution in [-0.4, -0.2) is 11.6 Å². The summed E-state index contributed by atoms with van der Waals surface area (Å²) in [6.45, 7) is 1.95. The van der Waals surface area contributed by atoms with Crippen LogP contribution >= 0.6 is 0 Å². The van der Waals surface area contributed by atoms with E-state index in [0.717, 1.165) is 18.6 Å². The third-order valence-corrected chi connectivity index (χ3v) is 5.51. The smallest absolute Gasteiger partial charge is 0.244 e. The van der Waals surface area contributed by atoms with E-state index in [1.54, 1.807) is 0 Å². The summed E-state index contributed by atoms with van der Waals surface area (Å²) in [5.74, 6) is -0.120. The maximum absolute atomic E-state index is 12.9. The van der Waals surface area contributed by atoms with E-state index in [4.69, 9.17) is 0 Å². The molecular formula is C25H24N2O. The summed E-state index contributed by atoms with van der Waals surface area (Å²) >= 11 is 0. The molecule has 0 saturated heterocycles. The maximum atomic E-state index is 12.9. The van der Waals surface area contributed by atoms with E-state index in [2.05, 4.69) is 46.9 Å². The molecular weight excluding hydrogens is 344 g/mol. The number of rotatable bonds is 6. The summed E-state index contributed by atoms with van der Waals surface area (Å²) in [6, 6.07) is 30.8. The third-order valence-electron chi connectivity index (χ3n) is 5.51. The third kappa shape index (κ3) is 3.61. The first kappa shape index (κ1) is 18.2. The minimum Gasteiger partial charge on any atom is -0.273 e. The van der Waals surface area contributed by atoms with Crippen molar-refractivity contribution in [3.63, 3.8) is 0 Å². The summed E-state index contributed by atoms with van der Waals surface area (Å²) in [4.78, 5) is 12.9. The van der Waals surface area contributed by atoms with Gasteiger partial charge in [0.05, 0.1) is 5.92 Å². The summed E-state index contributed by atoms with van der Waals surface area (Å²) in [7, 11) is 0. The molecule has 1 aliphatic carbocycles. The van der Waals surface area contributed by atoms with Gasteiger partial charge in [0, 0.05) is 17.5 Å². The first-order valence-electron chi connectivity index (χ1n) is 9.68. The molecule has 1 amide bonds. The highest BCUT2D eigenvalue weighted by molar-refractivity contribution is 5.89.